The third kappa shape index (κ3) is 3.89. The molecule has 148 valence electrons. The molecule has 1 aromatic carbocycles. The van der Waals surface area contributed by atoms with Gasteiger partial charge in [0.25, 0.3) is 5.91 Å². The van der Waals surface area contributed by atoms with Crippen LogP contribution in [0.25, 0.3) is 5.69 Å². The first kappa shape index (κ1) is 19.3. The Labute approximate surface area is 173 Å². The minimum absolute atomic E-state index is 0.000453. The standard InChI is InChI=1S/C20H22Cl2N4O2/c1-12(27)24-15-6-8-25(9-7-15)20(28)16-11-23-26(19(16)13-2-3-13)18-5-4-14(21)10-17(18)22/h4-5,10-11,13,15H,2-3,6-9H2,1H3,(H,24,27). The summed E-state index contributed by atoms with van der Waals surface area (Å²) < 4.78 is 1.79. The fraction of sp³-hybridized carbons (Fsp3) is 0.450. The highest BCUT2D eigenvalue weighted by molar-refractivity contribution is 6.35. The van der Waals surface area contributed by atoms with E-state index in [0.29, 0.717) is 34.6 Å². The Hall–Kier alpha value is -2.05. The van der Waals surface area contributed by atoms with Crippen molar-refractivity contribution in [3.05, 3.63) is 45.7 Å². The van der Waals surface area contributed by atoms with E-state index in [9.17, 15) is 9.59 Å². The van der Waals surface area contributed by atoms with E-state index in [1.165, 1.54) is 6.92 Å². The van der Waals surface area contributed by atoms with E-state index in [1.54, 1.807) is 23.0 Å². The minimum atomic E-state index is -0.0260. The van der Waals surface area contributed by atoms with E-state index in [1.807, 2.05) is 11.0 Å². The van der Waals surface area contributed by atoms with Gasteiger partial charge < -0.3 is 10.2 Å². The molecule has 0 atom stereocenters. The Bertz CT molecular complexity index is 915. The Kier molecular flexibility index (Phi) is 5.34. The van der Waals surface area contributed by atoms with Gasteiger partial charge in [0.2, 0.25) is 5.91 Å². The Morgan fingerprint density at radius 1 is 1.14 bits per heavy atom. The molecule has 8 heteroatoms. The molecular weight excluding hydrogens is 399 g/mol. The molecule has 1 saturated carbocycles. The van der Waals surface area contributed by atoms with Crippen LogP contribution >= 0.6 is 23.2 Å². The number of nitrogens with one attached hydrogen (secondary N) is 1. The molecular formula is C20H22Cl2N4O2. The summed E-state index contributed by atoms with van der Waals surface area (Å²) in [4.78, 5) is 26.3. The number of aromatic nitrogens is 2. The number of amides is 2. The molecule has 1 N–H and O–H groups in total. The lowest BCUT2D eigenvalue weighted by Gasteiger charge is -2.32. The van der Waals surface area contributed by atoms with E-state index in [0.717, 1.165) is 37.1 Å². The van der Waals surface area contributed by atoms with Gasteiger partial charge in [0.1, 0.15) is 0 Å². The fourth-order valence-electron chi connectivity index (χ4n) is 3.80. The van der Waals surface area contributed by atoms with Crippen molar-refractivity contribution in [1.82, 2.24) is 20.0 Å². The third-order valence-corrected chi connectivity index (χ3v) is 5.87. The van der Waals surface area contributed by atoms with Crippen LogP contribution < -0.4 is 5.32 Å². The first-order valence-electron chi connectivity index (χ1n) is 9.53. The van der Waals surface area contributed by atoms with Gasteiger partial charge in [0.15, 0.2) is 0 Å². The highest BCUT2D eigenvalue weighted by Crippen LogP contribution is 2.43. The van der Waals surface area contributed by atoms with Crippen LogP contribution in [0.4, 0.5) is 0 Å². The third-order valence-electron chi connectivity index (χ3n) is 5.33. The molecule has 1 saturated heterocycles. The SMILES string of the molecule is CC(=O)NC1CCN(C(=O)c2cnn(-c3ccc(Cl)cc3Cl)c2C2CC2)CC1. The summed E-state index contributed by atoms with van der Waals surface area (Å²) in [6.45, 7) is 2.78. The van der Waals surface area contributed by atoms with Crippen molar-refractivity contribution >= 4 is 35.0 Å². The Morgan fingerprint density at radius 3 is 2.46 bits per heavy atom. The van der Waals surface area contributed by atoms with Crippen molar-refractivity contribution in [1.29, 1.82) is 0 Å². The van der Waals surface area contributed by atoms with Crippen molar-refractivity contribution in [3.8, 4) is 5.69 Å². The lowest BCUT2D eigenvalue weighted by Crippen LogP contribution is -2.46. The van der Waals surface area contributed by atoms with Crippen LogP contribution in [0.3, 0.4) is 0 Å². The second kappa shape index (κ2) is 7.76. The van der Waals surface area contributed by atoms with Crippen LogP contribution in [0.2, 0.25) is 10.0 Å². The van der Waals surface area contributed by atoms with Crippen molar-refractivity contribution in [2.45, 2.75) is 44.6 Å². The second-order valence-corrected chi connectivity index (χ2v) is 8.34. The number of hydrogen-bond donors (Lipinski definition) is 1. The Morgan fingerprint density at radius 2 is 1.86 bits per heavy atom. The molecule has 2 fully saturated rings. The van der Waals surface area contributed by atoms with E-state index in [2.05, 4.69) is 10.4 Å². The maximum Gasteiger partial charge on any atom is 0.257 e. The number of nitrogens with zero attached hydrogens (tertiary/aromatic N) is 3. The van der Waals surface area contributed by atoms with Gasteiger partial charge in [-0.25, -0.2) is 4.68 Å². The van der Waals surface area contributed by atoms with E-state index >= 15 is 0 Å². The van der Waals surface area contributed by atoms with E-state index < -0.39 is 0 Å². The molecule has 0 unspecified atom stereocenters. The molecule has 2 aromatic rings. The molecule has 0 bridgehead atoms. The lowest BCUT2D eigenvalue weighted by molar-refractivity contribution is -0.119. The summed E-state index contributed by atoms with van der Waals surface area (Å²) >= 11 is 12.4. The van der Waals surface area contributed by atoms with Gasteiger partial charge in [-0.2, -0.15) is 5.10 Å². The van der Waals surface area contributed by atoms with Crippen LogP contribution in [-0.2, 0) is 4.79 Å². The predicted octanol–water partition coefficient (Wildman–Crippen LogP) is 3.80. The topological polar surface area (TPSA) is 67.2 Å². The van der Waals surface area contributed by atoms with Gasteiger partial charge in [-0.15, -0.1) is 0 Å². The number of hydrogen-bond acceptors (Lipinski definition) is 3. The average Bonchev–Trinajstić information content (AvgIpc) is 3.40. The monoisotopic (exact) mass is 420 g/mol. The van der Waals surface area contributed by atoms with Gasteiger partial charge in [0, 0.05) is 37.0 Å². The predicted molar refractivity (Wildman–Crippen MR) is 108 cm³/mol. The van der Waals surface area contributed by atoms with Crippen LogP contribution in [0.15, 0.2) is 24.4 Å². The van der Waals surface area contributed by atoms with Crippen LogP contribution in [-0.4, -0.2) is 45.6 Å². The number of benzene rings is 1. The van der Waals surface area contributed by atoms with Crippen LogP contribution in [0, 0.1) is 0 Å². The summed E-state index contributed by atoms with van der Waals surface area (Å²) in [5.41, 5.74) is 2.31. The number of rotatable bonds is 4. The molecule has 4 rings (SSSR count). The summed E-state index contributed by atoms with van der Waals surface area (Å²) in [5, 5.41) is 8.50. The zero-order chi connectivity index (χ0) is 19.8. The first-order valence-corrected chi connectivity index (χ1v) is 10.3. The highest BCUT2D eigenvalue weighted by atomic mass is 35.5. The lowest BCUT2D eigenvalue weighted by atomic mass is 10.0. The summed E-state index contributed by atoms with van der Waals surface area (Å²) in [6.07, 6.45) is 5.27. The molecule has 0 radical (unpaired) electrons. The number of piperidine rings is 1. The van der Waals surface area contributed by atoms with Crippen molar-refractivity contribution in [3.63, 3.8) is 0 Å². The fourth-order valence-corrected chi connectivity index (χ4v) is 4.29. The zero-order valence-electron chi connectivity index (χ0n) is 15.6. The largest absolute Gasteiger partial charge is 0.353 e. The van der Waals surface area contributed by atoms with Crippen molar-refractivity contribution in [2.75, 3.05) is 13.1 Å². The molecule has 1 aliphatic carbocycles. The zero-order valence-corrected chi connectivity index (χ0v) is 17.1. The maximum absolute atomic E-state index is 13.2. The van der Waals surface area contributed by atoms with Gasteiger partial charge in [0.05, 0.1) is 28.2 Å². The van der Waals surface area contributed by atoms with Gasteiger partial charge in [-0.1, -0.05) is 23.2 Å². The minimum Gasteiger partial charge on any atom is -0.353 e. The first-order chi connectivity index (χ1) is 13.4. The van der Waals surface area contributed by atoms with Crippen molar-refractivity contribution in [2.24, 2.45) is 0 Å². The molecule has 1 aliphatic heterocycles. The average molecular weight is 421 g/mol. The summed E-state index contributed by atoms with van der Waals surface area (Å²) in [6, 6.07) is 5.43. The number of carbonyl (C=O) groups is 2. The molecule has 28 heavy (non-hydrogen) atoms. The summed E-state index contributed by atoms with van der Waals surface area (Å²) in [7, 11) is 0. The summed E-state index contributed by atoms with van der Waals surface area (Å²) in [5.74, 6) is 0.298. The van der Waals surface area contributed by atoms with E-state index in [4.69, 9.17) is 23.2 Å². The van der Waals surface area contributed by atoms with Crippen LogP contribution in [0.1, 0.15) is 54.6 Å². The van der Waals surface area contributed by atoms with Crippen molar-refractivity contribution < 1.29 is 9.59 Å². The smallest absolute Gasteiger partial charge is 0.257 e. The Balaban J connectivity index is 1.58. The number of halogens is 2. The molecule has 2 amide bonds. The second-order valence-electron chi connectivity index (χ2n) is 7.49. The molecule has 1 aromatic heterocycles. The molecule has 0 spiro atoms. The molecule has 2 aliphatic rings. The maximum atomic E-state index is 13.2. The normalized spacial score (nSPS) is 17.6. The number of carbonyl (C=O) groups excluding carboxylic acids is 2. The molecule has 6 nitrogen and oxygen atoms in total. The number of likely N-dealkylation sites (tertiary alicyclic amines) is 1. The van der Waals surface area contributed by atoms with E-state index in [-0.39, 0.29) is 17.9 Å². The van der Waals surface area contributed by atoms with Gasteiger partial charge >= 0.3 is 0 Å². The molecule has 2 heterocycles. The quantitative estimate of drug-likeness (QED) is 0.817. The highest BCUT2D eigenvalue weighted by Gasteiger charge is 2.35. The van der Waals surface area contributed by atoms with Gasteiger partial charge in [-0.3, -0.25) is 9.59 Å². The van der Waals surface area contributed by atoms with Gasteiger partial charge in [-0.05, 0) is 43.9 Å². The van der Waals surface area contributed by atoms with Crippen LogP contribution in [0.5, 0.6) is 0 Å².